The van der Waals surface area contributed by atoms with Crippen LogP contribution < -0.4 is 28.4 Å². The molecule has 8 rings (SSSR count). The lowest BCUT2D eigenvalue weighted by Gasteiger charge is -2.37. The molecule has 0 spiro atoms. The zero-order chi connectivity index (χ0) is 50.5. The largest absolute Gasteiger partial charge is 0.464 e. The summed E-state index contributed by atoms with van der Waals surface area (Å²) in [6.45, 7) is 12.7. The van der Waals surface area contributed by atoms with Crippen LogP contribution in [-0.2, 0) is 38.0 Å². The summed E-state index contributed by atoms with van der Waals surface area (Å²) < 4.78 is 66.9. The zero-order valence-electron chi connectivity index (χ0n) is 39.5. The molecule has 0 saturated carbocycles. The van der Waals surface area contributed by atoms with Crippen LogP contribution in [0, 0.1) is 10.8 Å². The van der Waals surface area contributed by atoms with Crippen molar-refractivity contribution in [3.05, 3.63) is 156 Å². The van der Waals surface area contributed by atoms with Gasteiger partial charge in [-0.15, -0.1) is 5.10 Å². The standard InChI is InChI=1S/C54H50N2O16/c1-5-48(57)69-33-67-45-19-15-35(22-47(45)68-34-70-49(58)6-2)51(59)71-38-17-20-43(37(21-38)24-55-56-50-41-13-9-7-11-39(41)40-12-8-10-14-42(40)50)72-52(60)36-16-18-44(65-31-63-29-53(3)25-61-26-53)46(23-36)66-32-64-30-54(4)27-62-28-54/h5-24H,1-2,25-34H2,3-4H3/b55-24+. The fourth-order valence-corrected chi connectivity index (χ4v) is 7.37. The van der Waals surface area contributed by atoms with Gasteiger partial charge in [0.15, 0.2) is 36.6 Å². The van der Waals surface area contributed by atoms with E-state index in [0.29, 0.717) is 51.1 Å². The molecule has 2 saturated heterocycles. The second-order valence-corrected chi connectivity index (χ2v) is 17.3. The Labute approximate surface area is 414 Å². The highest BCUT2D eigenvalue weighted by Crippen LogP contribution is 2.37. The van der Waals surface area contributed by atoms with Crippen LogP contribution in [0.25, 0.3) is 11.1 Å². The van der Waals surface area contributed by atoms with Crippen molar-refractivity contribution in [2.24, 2.45) is 21.0 Å². The fourth-order valence-electron chi connectivity index (χ4n) is 7.37. The number of ether oxygens (including phenoxy) is 12. The second kappa shape index (κ2) is 23.2. The summed E-state index contributed by atoms with van der Waals surface area (Å²) in [7, 11) is 0. The van der Waals surface area contributed by atoms with Crippen LogP contribution in [0.2, 0.25) is 0 Å². The number of hydrogen-bond donors (Lipinski definition) is 0. The van der Waals surface area contributed by atoms with Gasteiger partial charge >= 0.3 is 23.9 Å². The molecule has 18 nitrogen and oxygen atoms in total. The average molecular weight is 983 g/mol. The molecule has 3 aliphatic rings. The van der Waals surface area contributed by atoms with E-state index in [1.54, 1.807) is 6.07 Å². The van der Waals surface area contributed by atoms with E-state index in [9.17, 15) is 19.2 Å². The molecule has 0 N–H and O–H groups in total. The molecule has 0 bridgehead atoms. The summed E-state index contributed by atoms with van der Waals surface area (Å²) >= 11 is 0. The lowest BCUT2D eigenvalue weighted by molar-refractivity contribution is -0.153. The summed E-state index contributed by atoms with van der Waals surface area (Å²) in [5, 5.41) is 9.07. The van der Waals surface area contributed by atoms with Crippen molar-refractivity contribution in [1.29, 1.82) is 0 Å². The van der Waals surface area contributed by atoms with Crippen LogP contribution >= 0.6 is 0 Å². The Bertz CT molecular complexity index is 2850. The molecular formula is C54H50N2O16. The number of esters is 4. The maximum atomic E-state index is 14.0. The van der Waals surface area contributed by atoms with E-state index in [-0.39, 0.29) is 69.9 Å². The molecule has 0 aromatic heterocycles. The van der Waals surface area contributed by atoms with E-state index in [2.05, 4.69) is 30.3 Å². The summed E-state index contributed by atoms with van der Waals surface area (Å²) in [4.78, 5) is 51.0. The number of carbonyl (C=O) groups is 4. The van der Waals surface area contributed by atoms with Gasteiger partial charge in [0, 0.05) is 39.7 Å². The van der Waals surface area contributed by atoms with Crippen molar-refractivity contribution >= 4 is 35.8 Å². The van der Waals surface area contributed by atoms with Gasteiger partial charge in [-0.2, -0.15) is 5.10 Å². The van der Waals surface area contributed by atoms with Crippen molar-refractivity contribution in [3.8, 4) is 45.6 Å². The molecule has 372 valence electrons. The van der Waals surface area contributed by atoms with Crippen LogP contribution in [0.4, 0.5) is 0 Å². The first kappa shape index (κ1) is 50.2. The minimum absolute atomic E-state index is 0.0120. The van der Waals surface area contributed by atoms with Gasteiger partial charge in [-0.1, -0.05) is 75.5 Å². The Morgan fingerprint density at radius 1 is 0.556 bits per heavy atom. The maximum absolute atomic E-state index is 14.0. The van der Waals surface area contributed by atoms with E-state index < -0.39 is 37.5 Å². The Morgan fingerprint density at radius 2 is 1.01 bits per heavy atom. The van der Waals surface area contributed by atoms with E-state index in [1.807, 2.05) is 55.5 Å². The first-order valence-corrected chi connectivity index (χ1v) is 22.5. The van der Waals surface area contributed by atoms with Crippen LogP contribution in [0.15, 0.2) is 139 Å². The third-order valence-corrected chi connectivity index (χ3v) is 11.2. The van der Waals surface area contributed by atoms with Crippen molar-refractivity contribution in [3.63, 3.8) is 0 Å². The van der Waals surface area contributed by atoms with Crippen molar-refractivity contribution in [2.75, 3.05) is 66.8 Å². The minimum Gasteiger partial charge on any atom is -0.464 e. The molecule has 5 aromatic rings. The zero-order valence-corrected chi connectivity index (χ0v) is 39.5. The Hall–Kier alpha value is -8.16. The predicted octanol–water partition coefficient (Wildman–Crippen LogP) is 7.89. The molecule has 1 aliphatic carbocycles. The van der Waals surface area contributed by atoms with E-state index in [1.165, 1.54) is 54.7 Å². The monoisotopic (exact) mass is 982 g/mol. The molecule has 0 radical (unpaired) electrons. The smallest absolute Gasteiger partial charge is 0.343 e. The normalized spacial score (nSPS) is 14.6. The van der Waals surface area contributed by atoms with Crippen LogP contribution in [0.1, 0.15) is 51.3 Å². The molecule has 2 heterocycles. The van der Waals surface area contributed by atoms with Crippen molar-refractivity contribution < 1.29 is 76.0 Å². The SMILES string of the molecule is C=CC(=O)OCOc1ccc(C(=O)Oc2ccc(OC(=O)c3ccc(OCOCC4(C)COC4)c(OCOCC4(C)COC4)c3)c(/C=N/N=C3c4ccccc4-c4ccccc43)c2)cc1OCOC(=O)C=C. The van der Waals surface area contributed by atoms with E-state index >= 15 is 0 Å². The van der Waals surface area contributed by atoms with Crippen molar-refractivity contribution in [1.82, 2.24) is 0 Å². The van der Waals surface area contributed by atoms with Crippen molar-refractivity contribution in [2.45, 2.75) is 13.8 Å². The van der Waals surface area contributed by atoms with Gasteiger partial charge in [0.2, 0.25) is 13.6 Å². The van der Waals surface area contributed by atoms with Gasteiger partial charge in [0.25, 0.3) is 0 Å². The molecule has 2 aliphatic heterocycles. The summed E-state index contributed by atoms with van der Waals surface area (Å²) in [6.07, 6.45) is 3.29. The third kappa shape index (κ3) is 12.6. The van der Waals surface area contributed by atoms with Crippen LogP contribution in [0.5, 0.6) is 34.5 Å². The number of hydrogen-bond acceptors (Lipinski definition) is 18. The number of benzene rings is 5. The van der Waals surface area contributed by atoms with Gasteiger partial charge in [-0.05, 0) is 65.7 Å². The molecule has 0 atom stereocenters. The summed E-state index contributed by atoms with van der Waals surface area (Å²) in [5.74, 6) is -2.52. The first-order chi connectivity index (χ1) is 34.9. The predicted molar refractivity (Wildman–Crippen MR) is 259 cm³/mol. The molecular weight excluding hydrogens is 933 g/mol. The molecule has 2 fully saturated rings. The maximum Gasteiger partial charge on any atom is 0.343 e. The molecule has 0 unspecified atom stereocenters. The lowest BCUT2D eigenvalue weighted by Crippen LogP contribution is -2.43. The van der Waals surface area contributed by atoms with Crippen LogP contribution in [0.3, 0.4) is 0 Å². The van der Waals surface area contributed by atoms with E-state index in [4.69, 9.17) is 56.8 Å². The molecule has 5 aromatic carbocycles. The number of rotatable bonds is 24. The Morgan fingerprint density at radius 3 is 1.51 bits per heavy atom. The van der Waals surface area contributed by atoms with E-state index in [0.717, 1.165) is 34.4 Å². The highest BCUT2D eigenvalue weighted by atomic mass is 16.7. The quantitative estimate of drug-likeness (QED) is 0.0108. The summed E-state index contributed by atoms with van der Waals surface area (Å²) in [6, 6.07) is 28.6. The van der Waals surface area contributed by atoms with Gasteiger partial charge in [0.1, 0.15) is 17.2 Å². The number of nitrogens with zero attached hydrogens (tertiary/aromatic N) is 2. The van der Waals surface area contributed by atoms with Gasteiger partial charge in [-0.3, -0.25) is 0 Å². The number of fused-ring (bicyclic) bond motifs is 3. The lowest BCUT2D eigenvalue weighted by atomic mass is 9.90. The topological polar surface area (TPSA) is 204 Å². The highest BCUT2D eigenvalue weighted by Gasteiger charge is 2.34. The van der Waals surface area contributed by atoms with Gasteiger partial charge < -0.3 is 56.8 Å². The van der Waals surface area contributed by atoms with Crippen LogP contribution in [-0.4, -0.2) is 103 Å². The Kier molecular flexibility index (Phi) is 16.2. The van der Waals surface area contributed by atoms with Gasteiger partial charge in [-0.25, -0.2) is 19.2 Å². The third-order valence-electron chi connectivity index (χ3n) is 11.2. The number of carbonyl (C=O) groups excluding carboxylic acids is 4. The molecule has 72 heavy (non-hydrogen) atoms. The Balaban J connectivity index is 1.05. The fraction of sp³-hybridized carbons (Fsp3) is 0.259. The summed E-state index contributed by atoms with van der Waals surface area (Å²) in [5.41, 5.74) is 4.52. The highest BCUT2D eigenvalue weighted by molar-refractivity contribution is 6.24. The average Bonchev–Trinajstić information content (AvgIpc) is 3.69. The first-order valence-electron chi connectivity index (χ1n) is 22.5. The second-order valence-electron chi connectivity index (χ2n) is 17.3. The molecule has 18 heteroatoms. The van der Waals surface area contributed by atoms with Gasteiger partial charge in [0.05, 0.1) is 57.0 Å². The minimum atomic E-state index is -0.842. The molecule has 0 amide bonds.